The summed E-state index contributed by atoms with van der Waals surface area (Å²) >= 11 is 0. The van der Waals surface area contributed by atoms with Crippen molar-refractivity contribution in [2.75, 3.05) is 13.6 Å². The van der Waals surface area contributed by atoms with Crippen molar-refractivity contribution in [3.63, 3.8) is 0 Å². The maximum absolute atomic E-state index is 12.8. The number of hydrogen-bond donors (Lipinski definition) is 2. The first-order valence-electron chi connectivity index (χ1n) is 6.64. The second-order valence-corrected chi connectivity index (χ2v) is 4.66. The van der Waals surface area contributed by atoms with Crippen molar-refractivity contribution in [1.29, 1.82) is 0 Å². The van der Waals surface area contributed by atoms with Gasteiger partial charge in [0.25, 0.3) is 0 Å². The van der Waals surface area contributed by atoms with Crippen LogP contribution in [0.4, 0.5) is 4.39 Å². The Balaban J connectivity index is 1.72. The Labute approximate surface area is 113 Å². The molecule has 1 aliphatic rings. The van der Waals surface area contributed by atoms with Gasteiger partial charge in [-0.3, -0.25) is 4.99 Å². The Morgan fingerprint density at radius 3 is 2.58 bits per heavy atom. The van der Waals surface area contributed by atoms with E-state index in [9.17, 15) is 4.39 Å². The molecule has 0 saturated carbocycles. The van der Waals surface area contributed by atoms with Crippen molar-refractivity contribution in [2.24, 2.45) is 4.99 Å². The first-order chi connectivity index (χ1) is 9.28. The van der Waals surface area contributed by atoms with Crippen LogP contribution in [0.3, 0.4) is 0 Å². The van der Waals surface area contributed by atoms with E-state index in [2.05, 4.69) is 27.8 Å². The molecule has 19 heavy (non-hydrogen) atoms. The van der Waals surface area contributed by atoms with Gasteiger partial charge in [-0.05, 0) is 37.0 Å². The predicted molar refractivity (Wildman–Crippen MR) is 76.8 cm³/mol. The maximum Gasteiger partial charge on any atom is 0.191 e. The molecule has 0 aliphatic heterocycles. The van der Waals surface area contributed by atoms with Gasteiger partial charge in [-0.1, -0.05) is 24.3 Å². The minimum absolute atomic E-state index is 0.192. The average molecular weight is 261 g/mol. The minimum Gasteiger partial charge on any atom is -0.356 e. The first kappa shape index (κ1) is 13.6. The monoisotopic (exact) mass is 261 g/mol. The van der Waals surface area contributed by atoms with Crippen LogP contribution < -0.4 is 10.6 Å². The fourth-order valence-corrected chi connectivity index (χ4v) is 2.10. The van der Waals surface area contributed by atoms with Gasteiger partial charge in [0.05, 0.1) is 0 Å². The summed E-state index contributed by atoms with van der Waals surface area (Å²) in [7, 11) is 1.77. The minimum atomic E-state index is -0.192. The lowest BCUT2D eigenvalue weighted by molar-refractivity contribution is 0.625. The van der Waals surface area contributed by atoms with Gasteiger partial charge < -0.3 is 10.6 Å². The van der Waals surface area contributed by atoms with Crippen LogP contribution in [0.5, 0.6) is 0 Å². The molecule has 0 heterocycles. The van der Waals surface area contributed by atoms with Crippen LogP contribution in [-0.2, 0) is 6.42 Å². The fourth-order valence-electron chi connectivity index (χ4n) is 2.10. The highest BCUT2D eigenvalue weighted by Crippen LogP contribution is 2.08. The molecule has 0 fully saturated rings. The molecule has 0 amide bonds. The van der Waals surface area contributed by atoms with E-state index in [0.717, 1.165) is 37.3 Å². The normalized spacial score (nSPS) is 15.8. The van der Waals surface area contributed by atoms with E-state index in [1.807, 2.05) is 12.1 Å². The van der Waals surface area contributed by atoms with Gasteiger partial charge in [0.15, 0.2) is 5.96 Å². The molecule has 0 radical (unpaired) electrons. The molecule has 1 aromatic rings. The molecular weight excluding hydrogens is 241 g/mol. The molecule has 0 bridgehead atoms. The van der Waals surface area contributed by atoms with Crippen molar-refractivity contribution in [3.8, 4) is 0 Å². The zero-order valence-electron chi connectivity index (χ0n) is 11.2. The number of nitrogens with one attached hydrogen (secondary N) is 2. The standard InChI is InChI=1S/C15H20FN3/c1-17-15(19-14-4-2-3-5-14)18-11-10-12-6-8-13(16)9-7-12/h2-3,6-9,14H,4-5,10-11H2,1H3,(H2,17,18,19). The van der Waals surface area contributed by atoms with Crippen molar-refractivity contribution < 1.29 is 4.39 Å². The van der Waals surface area contributed by atoms with E-state index in [-0.39, 0.29) is 5.82 Å². The summed E-state index contributed by atoms with van der Waals surface area (Å²) in [6.45, 7) is 0.783. The zero-order valence-corrected chi connectivity index (χ0v) is 11.2. The van der Waals surface area contributed by atoms with Gasteiger partial charge in [0.1, 0.15) is 5.82 Å². The first-order valence-corrected chi connectivity index (χ1v) is 6.64. The predicted octanol–water partition coefficient (Wildman–Crippen LogP) is 2.25. The third-order valence-corrected chi connectivity index (χ3v) is 3.19. The maximum atomic E-state index is 12.8. The molecule has 2 N–H and O–H groups in total. The molecule has 0 spiro atoms. The van der Waals surface area contributed by atoms with Crippen molar-refractivity contribution in [1.82, 2.24) is 10.6 Å². The lowest BCUT2D eigenvalue weighted by Crippen LogP contribution is -2.43. The Bertz CT molecular complexity index is 443. The highest BCUT2D eigenvalue weighted by atomic mass is 19.1. The second-order valence-electron chi connectivity index (χ2n) is 4.66. The van der Waals surface area contributed by atoms with Crippen LogP contribution in [0.2, 0.25) is 0 Å². The van der Waals surface area contributed by atoms with E-state index in [0.29, 0.717) is 6.04 Å². The van der Waals surface area contributed by atoms with E-state index in [4.69, 9.17) is 0 Å². The van der Waals surface area contributed by atoms with Gasteiger partial charge in [0.2, 0.25) is 0 Å². The summed E-state index contributed by atoms with van der Waals surface area (Å²) in [5, 5.41) is 6.65. The molecule has 1 aliphatic carbocycles. The SMILES string of the molecule is CN=C(NCCc1ccc(F)cc1)NC1CC=CC1. The lowest BCUT2D eigenvalue weighted by Gasteiger charge is -2.16. The van der Waals surface area contributed by atoms with Crippen molar-refractivity contribution in [2.45, 2.75) is 25.3 Å². The molecule has 0 saturated heterocycles. The van der Waals surface area contributed by atoms with E-state index >= 15 is 0 Å². The van der Waals surface area contributed by atoms with Crippen LogP contribution in [0.1, 0.15) is 18.4 Å². The van der Waals surface area contributed by atoms with Gasteiger partial charge in [-0.2, -0.15) is 0 Å². The third-order valence-electron chi connectivity index (χ3n) is 3.19. The summed E-state index contributed by atoms with van der Waals surface area (Å²) in [6, 6.07) is 7.07. The Morgan fingerprint density at radius 2 is 1.95 bits per heavy atom. The summed E-state index contributed by atoms with van der Waals surface area (Å²) in [4.78, 5) is 4.20. The number of guanidine groups is 1. The summed E-state index contributed by atoms with van der Waals surface area (Å²) in [5.74, 6) is 0.638. The fraction of sp³-hybridized carbons (Fsp3) is 0.400. The molecule has 0 unspecified atom stereocenters. The molecule has 4 heteroatoms. The van der Waals surface area contributed by atoms with Gasteiger partial charge in [0, 0.05) is 19.6 Å². The average Bonchev–Trinajstić information content (AvgIpc) is 2.93. The Morgan fingerprint density at radius 1 is 1.26 bits per heavy atom. The lowest BCUT2D eigenvalue weighted by atomic mass is 10.1. The highest BCUT2D eigenvalue weighted by molar-refractivity contribution is 5.80. The van der Waals surface area contributed by atoms with Crippen LogP contribution in [0, 0.1) is 5.82 Å². The topological polar surface area (TPSA) is 36.4 Å². The molecule has 0 aromatic heterocycles. The van der Waals surface area contributed by atoms with Crippen molar-refractivity contribution >= 4 is 5.96 Å². The Hall–Kier alpha value is -1.84. The number of halogens is 1. The molecular formula is C15H20FN3. The molecule has 2 rings (SSSR count). The third kappa shape index (κ3) is 4.39. The summed E-state index contributed by atoms with van der Waals surface area (Å²) in [6.07, 6.45) is 7.33. The zero-order chi connectivity index (χ0) is 13.5. The van der Waals surface area contributed by atoms with Crippen LogP contribution >= 0.6 is 0 Å². The number of hydrogen-bond acceptors (Lipinski definition) is 1. The molecule has 3 nitrogen and oxygen atoms in total. The number of benzene rings is 1. The van der Waals surface area contributed by atoms with Crippen LogP contribution in [0.15, 0.2) is 41.4 Å². The number of nitrogens with zero attached hydrogens (tertiary/aromatic N) is 1. The van der Waals surface area contributed by atoms with Gasteiger partial charge in [-0.15, -0.1) is 0 Å². The van der Waals surface area contributed by atoms with Crippen molar-refractivity contribution in [3.05, 3.63) is 47.8 Å². The largest absolute Gasteiger partial charge is 0.356 e. The van der Waals surface area contributed by atoms with Gasteiger partial charge >= 0.3 is 0 Å². The van der Waals surface area contributed by atoms with Crippen LogP contribution in [0.25, 0.3) is 0 Å². The Kier molecular flexibility index (Phi) is 4.95. The summed E-state index contributed by atoms with van der Waals surface area (Å²) in [5.41, 5.74) is 1.12. The van der Waals surface area contributed by atoms with E-state index in [1.165, 1.54) is 12.1 Å². The van der Waals surface area contributed by atoms with Gasteiger partial charge in [-0.25, -0.2) is 4.39 Å². The quantitative estimate of drug-likeness (QED) is 0.495. The van der Waals surface area contributed by atoms with Crippen LogP contribution in [-0.4, -0.2) is 25.6 Å². The second kappa shape index (κ2) is 6.92. The molecule has 1 aromatic carbocycles. The summed E-state index contributed by atoms with van der Waals surface area (Å²) < 4.78 is 12.8. The highest BCUT2D eigenvalue weighted by Gasteiger charge is 2.11. The van der Waals surface area contributed by atoms with E-state index < -0.39 is 0 Å². The molecule has 0 atom stereocenters. The number of rotatable bonds is 4. The smallest absolute Gasteiger partial charge is 0.191 e. The van der Waals surface area contributed by atoms with E-state index in [1.54, 1.807) is 7.05 Å². The molecule has 102 valence electrons. The number of aliphatic imine (C=N–C) groups is 1.